The molecule has 194 valence electrons. The van der Waals surface area contributed by atoms with Gasteiger partial charge in [-0.25, -0.2) is 9.37 Å². The average Bonchev–Trinajstić information content (AvgIpc) is 3.63. The number of amides is 1. The Labute approximate surface area is 219 Å². The highest BCUT2D eigenvalue weighted by molar-refractivity contribution is 7.98. The van der Waals surface area contributed by atoms with Crippen molar-refractivity contribution < 1.29 is 23.5 Å². The minimum atomic E-state index is -0.827. The number of hydrogen-bond donors (Lipinski definition) is 1. The van der Waals surface area contributed by atoms with Crippen molar-refractivity contribution in [1.29, 1.82) is 0 Å². The molecule has 2 fully saturated rings. The number of aromatic nitrogens is 1. The fourth-order valence-electron chi connectivity index (χ4n) is 5.44. The normalized spacial score (nSPS) is 26.8. The molecule has 1 saturated carbocycles. The maximum atomic E-state index is 14.1. The van der Waals surface area contributed by atoms with Crippen molar-refractivity contribution in [2.24, 2.45) is 16.8 Å². The lowest BCUT2D eigenvalue weighted by Gasteiger charge is -2.38. The van der Waals surface area contributed by atoms with Crippen LogP contribution in [0, 0.1) is 17.7 Å². The Hall–Kier alpha value is -3.04. The molecule has 0 radical (unpaired) electrons. The van der Waals surface area contributed by atoms with Crippen LogP contribution in [0.2, 0.25) is 0 Å². The van der Waals surface area contributed by atoms with Gasteiger partial charge in [0.15, 0.2) is 5.78 Å². The smallest absolute Gasteiger partial charge is 0.257 e. The van der Waals surface area contributed by atoms with Gasteiger partial charge in [0.2, 0.25) is 5.88 Å². The van der Waals surface area contributed by atoms with E-state index in [0.717, 1.165) is 36.4 Å². The molecule has 1 N–H and O–H groups in total. The number of pyridine rings is 1. The summed E-state index contributed by atoms with van der Waals surface area (Å²) in [6.45, 7) is 1.07. The van der Waals surface area contributed by atoms with Gasteiger partial charge in [-0.3, -0.25) is 14.6 Å². The van der Waals surface area contributed by atoms with E-state index in [1.807, 2.05) is 36.6 Å². The molecule has 5 rings (SSSR count). The van der Waals surface area contributed by atoms with Crippen molar-refractivity contribution in [2.45, 2.75) is 48.6 Å². The van der Waals surface area contributed by atoms with Crippen LogP contribution >= 0.6 is 11.8 Å². The van der Waals surface area contributed by atoms with Crippen LogP contribution in [-0.2, 0) is 9.53 Å². The summed E-state index contributed by atoms with van der Waals surface area (Å²) >= 11 is 1.57. The fraction of sp³-hybridized carbons (Fsp3) is 0.429. The largest absolute Gasteiger partial charge is 0.438 e. The molecule has 1 aromatic carbocycles. The summed E-state index contributed by atoms with van der Waals surface area (Å²) in [5.74, 6) is -0.371. The number of rotatable bonds is 8. The van der Waals surface area contributed by atoms with Gasteiger partial charge in [0, 0.05) is 29.7 Å². The number of benzene rings is 1. The van der Waals surface area contributed by atoms with E-state index in [9.17, 15) is 14.0 Å². The Morgan fingerprint density at radius 3 is 2.73 bits per heavy atom. The first-order valence-corrected chi connectivity index (χ1v) is 13.8. The highest BCUT2D eigenvalue weighted by Crippen LogP contribution is 2.41. The first-order valence-electron chi connectivity index (χ1n) is 12.6. The molecule has 3 aliphatic rings. The summed E-state index contributed by atoms with van der Waals surface area (Å²) in [4.78, 5) is 36.3. The van der Waals surface area contributed by atoms with Crippen LogP contribution in [0.15, 0.2) is 58.6 Å². The highest BCUT2D eigenvalue weighted by Gasteiger charge is 2.48. The number of carbonyl (C=O) groups is 2. The number of thioether (sulfide) groups is 1. The summed E-state index contributed by atoms with van der Waals surface area (Å²) in [5.41, 5.74) is -0.778. The summed E-state index contributed by atoms with van der Waals surface area (Å²) in [5, 5.41) is 3.03. The molecule has 3 heterocycles. The second kappa shape index (κ2) is 11.1. The van der Waals surface area contributed by atoms with E-state index in [1.54, 1.807) is 24.0 Å². The van der Waals surface area contributed by atoms with Gasteiger partial charge in [0.25, 0.3) is 5.91 Å². The molecular weight excluding hydrogens is 493 g/mol. The van der Waals surface area contributed by atoms with Gasteiger partial charge >= 0.3 is 0 Å². The lowest BCUT2D eigenvalue weighted by molar-refractivity contribution is -0.128. The molecule has 2 aromatic rings. The van der Waals surface area contributed by atoms with Crippen molar-refractivity contribution in [3.8, 4) is 11.6 Å². The SMILES string of the molecule is CSc1cccc(Oc2ncc(F)cc2C(=O)NC2CCC(C3(C(=O)C4CCOC4)C=CC=N3)CC2)c1. The van der Waals surface area contributed by atoms with Crippen LogP contribution in [0.1, 0.15) is 42.5 Å². The molecule has 2 unspecified atom stereocenters. The van der Waals surface area contributed by atoms with E-state index in [-0.39, 0.29) is 35.1 Å². The molecule has 9 heteroatoms. The number of hydrogen-bond acceptors (Lipinski definition) is 7. The van der Waals surface area contributed by atoms with E-state index >= 15 is 0 Å². The molecule has 1 saturated heterocycles. The van der Waals surface area contributed by atoms with Crippen molar-refractivity contribution >= 4 is 29.7 Å². The Kier molecular flexibility index (Phi) is 7.71. The average molecular weight is 524 g/mol. The van der Waals surface area contributed by atoms with Gasteiger partial charge in [0.05, 0.1) is 12.8 Å². The number of halogens is 1. The first-order chi connectivity index (χ1) is 18.0. The van der Waals surface area contributed by atoms with Gasteiger partial charge in [-0.1, -0.05) is 6.07 Å². The Morgan fingerprint density at radius 1 is 1.19 bits per heavy atom. The molecule has 0 spiro atoms. The van der Waals surface area contributed by atoms with E-state index < -0.39 is 17.3 Å². The number of allylic oxidation sites excluding steroid dienone is 1. The molecule has 7 nitrogen and oxygen atoms in total. The van der Waals surface area contributed by atoms with Gasteiger partial charge in [-0.05, 0) is 80.7 Å². The number of nitrogens with one attached hydrogen (secondary N) is 1. The lowest BCUT2D eigenvalue weighted by atomic mass is 9.69. The standard InChI is InChI=1S/C28H30FN3O4S/c1-37-23-5-2-4-22(15-23)36-27-24(14-20(29)16-30-27)26(34)32-21-8-6-19(7-9-21)28(11-3-12-31-28)25(33)18-10-13-35-17-18/h2-5,11-12,14-16,18-19,21H,6-10,13,17H2,1H3,(H,32,34). The molecule has 1 aliphatic carbocycles. The summed E-state index contributed by atoms with van der Waals surface area (Å²) < 4.78 is 25.4. The lowest BCUT2D eigenvalue weighted by Crippen LogP contribution is -2.48. The predicted octanol–water partition coefficient (Wildman–Crippen LogP) is 5.01. The number of ether oxygens (including phenoxy) is 2. The second-order valence-electron chi connectivity index (χ2n) is 9.70. The number of carbonyl (C=O) groups excluding carboxylic acids is 2. The van der Waals surface area contributed by atoms with Crippen LogP contribution in [0.3, 0.4) is 0 Å². The molecule has 2 atom stereocenters. The van der Waals surface area contributed by atoms with Crippen molar-refractivity contribution in [1.82, 2.24) is 10.3 Å². The molecule has 0 bridgehead atoms. The summed E-state index contributed by atoms with van der Waals surface area (Å²) in [6.07, 6.45) is 12.1. The molecular formula is C28H30FN3O4S. The Balaban J connectivity index is 1.25. The number of Topliss-reactive ketones (excluding diaryl/α,β-unsaturated/α-hetero) is 1. The van der Waals surface area contributed by atoms with Gasteiger partial charge in [0.1, 0.15) is 22.7 Å². The number of aliphatic imine (C=N–C) groups is 1. The molecule has 1 aromatic heterocycles. The zero-order valence-corrected chi connectivity index (χ0v) is 21.5. The van der Waals surface area contributed by atoms with Crippen LogP contribution < -0.4 is 10.1 Å². The zero-order valence-electron chi connectivity index (χ0n) is 20.7. The third kappa shape index (κ3) is 5.48. The van der Waals surface area contributed by atoms with Crippen molar-refractivity contribution in [3.63, 3.8) is 0 Å². The van der Waals surface area contributed by atoms with E-state index in [1.165, 1.54) is 0 Å². The maximum Gasteiger partial charge on any atom is 0.257 e. The predicted molar refractivity (Wildman–Crippen MR) is 140 cm³/mol. The molecule has 37 heavy (non-hydrogen) atoms. The summed E-state index contributed by atoms with van der Waals surface area (Å²) in [6, 6.07) is 8.46. The maximum absolute atomic E-state index is 14.1. The van der Waals surface area contributed by atoms with Crippen LogP contribution in [0.25, 0.3) is 0 Å². The number of ketones is 1. The molecule has 1 amide bonds. The van der Waals surface area contributed by atoms with Crippen molar-refractivity contribution in [3.05, 3.63) is 60.1 Å². The van der Waals surface area contributed by atoms with Crippen LogP contribution in [0.5, 0.6) is 11.6 Å². The quantitative estimate of drug-likeness (QED) is 0.490. The monoisotopic (exact) mass is 523 g/mol. The fourth-order valence-corrected chi connectivity index (χ4v) is 5.89. The topological polar surface area (TPSA) is 89.9 Å². The minimum absolute atomic E-state index is 0.0490. The summed E-state index contributed by atoms with van der Waals surface area (Å²) in [7, 11) is 0. The van der Waals surface area contributed by atoms with Crippen molar-refractivity contribution in [2.75, 3.05) is 19.5 Å². The zero-order chi connectivity index (χ0) is 25.8. The van der Waals surface area contributed by atoms with E-state index in [0.29, 0.717) is 31.8 Å². The Morgan fingerprint density at radius 2 is 2.03 bits per heavy atom. The number of nitrogens with zero attached hydrogens (tertiary/aromatic N) is 2. The molecule has 2 aliphatic heterocycles. The van der Waals surface area contributed by atoms with E-state index in [2.05, 4.69) is 15.3 Å². The van der Waals surface area contributed by atoms with Gasteiger partial charge in [-0.15, -0.1) is 11.8 Å². The second-order valence-corrected chi connectivity index (χ2v) is 10.6. The Bertz CT molecular complexity index is 1210. The van der Waals surface area contributed by atoms with Gasteiger partial charge in [-0.2, -0.15) is 0 Å². The van der Waals surface area contributed by atoms with Crippen LogP contribution in [-0.4, -0.2) is 53.9 Å². The first kappa shape index (κ1) is 25.6. The highest BCUT2D eigenvalue weighted by atomic mass is 32.2. The van der Waals surface area contributed by atoms with Crippen LogP contribution in [0.4, 0.5) is 4.39 Å². The van der Waals surface area contributed by atoms with E-state index in [4.69, 9.17) is 9.47 Å². The van der Waals surface area contributed by atoms with Gasteiger partial charge < -0.3 is 14.8 Å². The third-order valence-corrected chi connectivity index (χ3v) is 8.15. The third-order valence-electron chi connectivity index (χ3n) is 7.42. The minimum Gasteiger partial charge on any atom is -0.438 e.